The lowest BCUT2D eigenvalue weighted by Crippen LogP contribution is -2.45. The fraction of sp³-hybridized carbons (Fsp3) is 0.910. The van der Waals surface area contributed by atoms with Crippen molar-refractivity contribution in [3.63, 3.8) is 0 Å². The van der Waals surface area contributed by atoms with Crippen molar-refractivity contribution in [1.82, 2.24) is 5.32 Å². The highest BCUT2D eigenvalue weighted by Gasteiger charge is 2.20. The fourth-order valence-corrected chi connectivity index (χ4v) is 10.4. The van der Waals surface area contributed by atoms with E-state index in [9.17, 15) is 19.8 Å². The minimum Gasteiger partial charge on any atom is -0.466 e. The third kappa shape index (κ3) is 59.4. The zero-order valence-corrected chi connectivity index (χ0v) is 49.4. The number of ether oxygens (including phenoxy) is 1. The summed E-state index contributed by atoms with van der Waals surface area (Å²) in [5.41, 5.74) is 0. The Morgan fingerprint density at radius 3 is 0.973 bits per heavy atom. The molecule has 6 heteroatoms. The number of hydrogen-bond acceptors (Lipinski definition) is 5. The zero-order chi connectivity index (χ0) is 52.9. The molecule has 432 valence electrons. The summed E-state index contributed by atoms with van der Waals surface area (Å²) in [6.07, 6.45) is 77.7. The average molecular weight is 1030 g/mol. The Balaban J connectivity index is 3.43. The van der Waals surface area contributed by atoms with Crippen LogP contribution in [0.1, 0.15) is 367 Å². The van der Waals surface area contributed by atoms with Crippen molar-refractivity contribution in [3.8, 4) is 0 Å². The van der Waals surface area contributed by atoms with E-state index in [0.717, 1.165) is 44.9 Å². The van der Waals surface area contributed by atoms with Gasteiger partial charge in [0.05, 0.1) is 25.4 Å². The molecule has 0 aromatic carbocycles. The summed E-state index contributed by atoms with van der Waals surface area (Å²) in [4.78, 5) is 24.6. The number of aliphatic hydroxyl groups excluding tert-OH is 2. The summed E-state index contributed by atoms with van der Waals surface area (Å²) in [6, 6.07) is -0.549. The Hall–Kier alpha value is -1.66. The van der Waals surface area contributed by atoms with E-state index in [4.69, 9.17) is 4.74 Å². The van der Waals surface area contributed by atoms with Crippen molar-refractivity contribution < 1.29 is 24.5 Å². The Labute approximate surface area is 456 Å². The molecule has 1 amide bonds. The third-order valence-electron chi connectivity index (χ3n) is 15.5. The Morgan fingerprint density at radius 2 is 0.644 bits per heavy atom. The number of esters is 1. The molecular weight excluding hydrogens is 899 g/mol. The molecule has 0 radical (unpaired) electrons. The van der Waals surface area contributed by atoms with E-state index in [1.54, 1.807) is 0 Å². The smallest absolute Gasteiger partial charge is 0.305 e. The van der Waals surface area contributed by atoms with Crippen LogP contribution >= 0.6 is 0 Å². The molecular formula is C67H129NO5. The van der Waals surface area contributed by atoms with Crippen LogP contribution in [0, 0.1) is 0 Å². The number of carbonyl (C=O) groups excluding carboxylic acids is 2. The number of hydrogen-bond donors (Lipinski definition) is 3. The Bertz CT molecular complexity index is 1140. The molecule has 2 atom stereocenters. The predicted molar refractivity (Wildman–Crippen MR) is 320 cm³/mol. The third-order valence-corrected chi connectivity index (χ3v) is 15.5. The summed E-state index contributed by atoms with van der Waals surface area (Å²) in [5.74, 6) is -0.0406. The standard InChI is InChI=1S/C67H129NO5/c1-3-5-7-9-11-13-15-17-19-21-22-25-28-31-35-39-43-47-51-55-59-65(70)64(63-69)68-66(71)60-56-52-48-44-40-36-32-29-26-23-24-27-30-34-38-42-46-50-54-58-62-73-67(72)61-57-53-49-45-41-37-33-20-18-16-14-12-10-8-6-4-2/h20,23,26,33,64-65,69-70H,3-19,21-22,24-25,27-32,34-63H2,1-2H3,(H,68,71)/b26-23-,33-20-. The number of aliphatic hydroxyl groups is 2. The second-order valence-corrected chi connectivity index (χ2v) is 22.8. The maximum absolute atomic E-state index is 12.5. The van der Waals surface area contributed by atoms with Gasteiger partial charge in [-0.15, -0.1) is 0 Å². The van der Waals surface area contributed by atoms with Gasteiger partial charge in [0, 0.05) is 12.8 Å². The minimum absolute atomic E-state index is 0.000352. The molecule has 6 nitrogen and oxygen atoms in total. The van der Waals surface area contributed by atoms with Gasteiger partial charge < -0.3 is 20.3 Å². The lowest BCUT2D eigenvalue weighted by atomic mass is 10.0. The Morgan fingerprint density at radius 1 is 0.370 bits per heavy atom. The van der Waals surface area contributed by atoms with Gasteiger partial charge in [0.1, 0.15) is 0 Å². The van der Waals surface area contributed by atoms with E-state index in [-0.39, 0.29) is 18.5 Å². The average Bonchev–Trinajstić information content (AvgIpc) is 3.39. The van der Waals surface area contributed by atoms with Gasteiger partial charge in [-0.05, 0) is 77.0 Å². The van der Waals surface area contributed by atoms with Crippen molar-refractivity contribution in [1.29, 1.82) is 0 Å². The number of nitrogens with one attached hydrogen (secondary N) is 1. The molecule has 0 aliphatic rings. The molecule has 0 aromatic rings. The topological polar surface area (TPSA) is 95.9 Å². The first-order chi connectivity index (χ1) is 36.0. The van der Waals surface area contributed by atoms with E-state index in [1.165, 1.54) is 289 Å². The molecule has 73 heavy (non-hydrogen) atoms. The summed E-state index contributed by atoms with van der Waals surface area (Å²) in [5, 5.41) is 23.4. The molecule has 2 unspecified atom stereocenters. The van der Waals surface area contributed by atoms with Gasteiger partial charge in [0.2, 0.25) is 5.91 Å². The summed E-state index contributed by atoms with van der Waals surface area (Å²) in [6.45, 7) is 4.97. The quantitative estimate of drug-likeness (QED) is 0.0320. The molecule has 0 fully saturated rings. The van der Waals surface area contributed by atoms with Crippen LogP contribution in [0.25, 0.3) is 0 Å². The van der Waals surface area contributed by atoms with E-state index >= 15 is 0 Å². The normalized spacial score (nSPS) is 12.7. The van der Waals surface area contributed by atoms with Crippen LogP contribution < -0.4 is 5.32 Å². The first kappa shape index (κ1) is 71.3. The van der Waals surface area contributed by atoms with Gasteiger partial charge in [0.15, 0.2) is 0 Å². The second kappa shape index (κ2) is 62.9. The van der Waals surface area contributed by atoms with E-state index < -0.39 is 12.1 Å². The van der Waals surface area contributed by atoms with Crippen molar-refractivity contribution in [2.45, 2.75) is 379 Å². The van der Waals surface area contributed by atoms with Crippen LogP contribution in [0.5, 0.6) is 0 Å². The monoisotopic (exact) mass is 1030 g/mol. The van der Waals surface area contributed by atoms with Gasteiger partial charge >= 0.3 is 5.97 Å². The van der Waals surface area contributed by atoms with Gasteiger partial charge in [0.25, 0.3) is 0 Å². The largest absolute Gasteiger partial charge is 0.466 e. The number of carbonyl (C=O) groups is 2. The molecule has 0 saturated carbocycles. The SMILES string of the molecule is CCCCCCCCC/C=C\CCCCCCCC(=O)OCCCCCCCCCCC/C=C\CCCCCCCCCC(=O)NC(CO)C(O)CCCCCCCCCCCCCCCCCCCCCC. The van der Waals surface area contributed by atoms with Gasteiger partial charge in [-0.2, -0.15) is 0 Å². The van der Waals surface area contributed by atoms with Gasteiger partial charge in [-0.1, -0.05) is 301 Å². The van der Waals surface area contributed by atoms with Gasteiger partial charge in [-0.3, -0.25) is 9.59 Å². The summed E-state index contributed by atoms with van der Waals surface area (Å²) < 4.78 is 5.48. The first-order valence-corrected chi connectivity index (χ1v) is 33.1. The van der Waals surface area contributed by atoms with Crippen LogP contribution in [-0.4, -0.2) is 47.4 Å². The van der Waals surface area contributed by atoms with E-state index in [0.29, 0.717) is 25.9 Å². The van der Waals surface area contributed by atoms with Crippen LogP contribution in [-0.2, 0) is 14.3 Å². The molecule has 0 aromatic heterocycles. The van der Waals surface area contributed by atoms with Crippen molar-refractivity contribution >= 4 is 11.9 Å². The van der Waals surface area contributed by atoms with Crippen LogP contribution in [0.15, 0.2) is 24.3 Å². The second-order valence-electron chi connectivity index (χ2n) is 22.8. The molecule has 0 bridgehead atoms. The molecule has 0 rings (SSSR count). The lowest BCUT2D eigenvalue weighted by molar-refractivity contribution is -0.143. The zero-order valence-electron chi connectivity index (χ0n) is 49.4. The number of allylic oxidation sites excluding steroid dienone is 4. The molecule has 0 aliphatic heterocycles. The maximum Gasteiger partial charge on any atom is 0.305 e. The predicted octanol–water partition coefficient (Wildman–Crippen LogP) is 21.0. The fourth-order valence-electron chi connectivity index (χ4n) is 10.4. The van der Waals surface area contributed by atoms with Gasteiger partial charge in [-0.25, -0.2) is 0 Å². The summed E-state index contributed by atoms with van der Waals surface area (Å²) in [7, 11) is 0. The molecule has 0 saturated heterocycles. The highest BCUT2D eigenvalue weighted by Crippen LogP contribution is 2.18. The number of amides is 1. The molecule has 0 heterocycles. The molecule has 3 N–H and O–H groups in total. The van der Waals surface area contributed by atoms with Crippen LogP contribution in [0.4, 0.5) is 0 Å². The lowest BCUT2D eigenvalue weighted by Gasteiger charge is -2.22. The molecule has 0 aliphatic carbocycles. The van der Waals surface area contributed by atoms with Crippen LogP contribution in [0.2, 0.25) is 0 Å². The van der Waals surface area contributed by atoms with E-state index in [2.05, 4.69) is 43.5 Å². The first-order valence-electron chi connectivity index (χ1n) is 33.1. The summed E-state index contributed by atoms with van der Waals surface area (Å²) >= 11 is 0. The highest BCUT2D eigenvalue weighted by molar-refractivity contribution is 5.76. The maximum atomic E-state index is 12.5. The van der Waals surface area contributed by atoms with Crippen LogP contribution in [0.3, 0.4) is 0 Å². The van der Waals surface area contributed by atoms with Crippen molar-refractivity contribution in [2.24, 2.45) is 0 Å². The van der Waals surface area contributed by atoms with Crippen molar-refractivity contribution in [2.75, 3.05) is 13.2 Å². The molecule has 0 spiro atoms. The Kier molecular flexibility index (Phi) is 61.4. The highest BCUT2D eigenvalue weighted by atomic mass is 16.5. The number of unbranched alkanes of at least 4 members (excludes halogenated alkanes) is 47. The van der Waals surface area contributed by atoms with E-state index in [1.807, 2.05) is 0 Å². The van der Waals surface area contributed by atoms with Crippen molar-refractivity contribution in [3.05, 3.63) is 24.3 Å². The number of rotatable bonds is 62. The minimum atomic E-state index is -0.671.